The van der Waals surface area contributed by atoms with Crippen molar-refractivity contribution in [1.82, 2.24) is 4.98 Å². The Morgan fingerprint density at radius 2 is 2.11 bits per heavy atom. The molecule has 0 aliphatic heterocycles. The van der Waals surface area contributed by atoms with Gasteiger partial charge in [0.2, 0.25) is 0 Å². The van der Waals surface area contributed by atoms with Crippen molar-refractivity contribution in [3.63, 3.8) is 0 Å². The van der Waals surface area contributed by atoms with E-state index >= 15 is 0 Å². The summed E-state index contributed by atoms with van der Waals surface area (Å²) in [6, 6.07) is 1.07. The number of hydrazine groups is 1. The molecule has 6 heteroatoms. The Balaban J connectivity index is 3.02. The summed E-state index contributed by atoms with van der Waals surface area (Å²) < 4.78 is 28.0. The van der Waals surface area contributed by atoms with Crippen molar-refractivity contribution in [1.29, 1.82) is 0 Å². The number of nitrogens with zero attached hydrogens (tertiary/aromatic N) is 1. The summed E-state index contributed by atoms with van der Waals surface area (Å²) in [5.74, 6) is 4.28. The quantitative estimate of drug-likeness (QED) is 0.507. The molecule has 0 fully saturated rings. The van der Waals surface area contributed by atoms with Crippen molar-refractivity contribution in [2.24, 2.45) is 5.84 Å². The van der Waals surface area contributed by atoms with Gasteiger partial charge in [-0.15, -0.1) is 0 Å². The molecule has 0 aliphatic carbocycles. The molecular formula is C12H12BrF2N3. The van der Waals surface area contributed by atoms with Gasteiger partial charge in [0.1, 0.15) is 11.3 Å². The molecule has 1 aromatic carbocycles. The lowest BCUT2D eigenvalue weighted by atomic mass is 10.0. The largest absolute Gasteiger partial charge is 0.323 e. The van der Waals surface area contributed by atoms with Gasteiger partial charge in [-0.2, -0.15) is 0 Å². The van der Waals surface area contributed by atoms with Crippen LogP contribution in [0.15, 0.2) is 10.5 Å². The van der Waals surface area contributed by atoms with Gasteiger partial charge in [-0.25, -0.2) is 13.8 Å². The van der Waals surface area contributed by atoms with Crippen LogP contribution in [0.3, 0.4) is 0 Å². The fourth-order valence-corrected chi connectivity index (χ4v) is 2.40. The van der Waals surface area contributed by atoms with Gasteiger partial charge in [0.25, 0.3) is 0 Å². The van der Waals surface area contributed by atoms with Crippen LogP contribution in [-0.4, -0.2) is 4.98 Å². The van der Waals surface area contributed by atoms with Crippen LogP contribution in [0.4, 0.5) is 14.5 Å². The number of aryl methyl sites for hydroxylation is 1. The highest BCUT2D eigenvalue weighted by atomic mass is 79.9. The molecule has 2 rings (SSSR count). The number of rotatable bonds is 2. The van der Waals surface area contributed by atoms with Crippen LogP contribution in [0.1, 0.15) is 18.2 Å². The van der Waals surface area contributed by atoms with Crippen molar-refractivity contribution in [3.05, 3.63) is 33.4 Å². The Bertz CT molecular complexity index is 629. The van der Waals surface area contributed by atoms with E-state index in [2.05, 4.69) is 26.3 Å². The maximum absolute atomic E-state index is 14.1. The van der Waals surface area contributed by atoms with E-state index < -0.39 is 11.6 Å². The number of aromatic nitrogens is 1. The Kier molecular flexibility index (Phi) is 3.49. The number of anilines is 1. The van der Waals surface area contributed by atoms with E-state index in [0.717, 1.165) is 11.6 Å². The molecule has 0 saturated heterocycles. The normalized spacial score (nSPS) is 11.0. The lowest BCUT2D eigenvalue weighted by molar-refractivity contribution is 0.609. The molecule has 0 spiro atoms. The van der Waals surface area contributed by atoms with E-state index in [1.807, 2.05) is 6.92 Å². The van der Waals surface area contributed by atoms with Gasteiger partial charge in [-0.3, -0.25) is 5.84 Å². The average Bonchev–Trinajstić information content (AvgIpc) is 2.35. The smallest absolute Gasteiger partial charge is 0.150 e. The summed E-state index contributed by atoms with van der Waals surface area (Å²) in [6.45, 7) is 3.67. The minimum atomic E-state index is -0.579. The monoisotopic (exact) mass is 315 g/mol. The predicted octanol–water partition coefficient (Wildman–Crippen LogP) is 3.43. The summed E-state index contributed by atoms with van der Waals surface area (Å²) in [4.78, 5) is 4.17. The third-order valence-corrected chi connectivity index (χ3v) is 3.51. The SMILES string of the molecule is CCc1nc2c(F)cc(Br)c(F)c2c(NN)c1C. The van der Waals surface area contributed by atoms with Crippen LogP contribution >= 0.6 is 15.9 Å². The van der Waals surface area contributed by atoms with Crippen LogP contribution < -0.4 is 11.3 Å². The Morgan fingerprint density at radius 3 is 2.67 bits per heavy atom. The molecule has 18 heavy (non-hydrogen) atoms. The van der Waals surface area contributed by atoms with Gasteiger partial charge in [0.15, 0.2) is 5.82 Å². The molecule has 0 atom stereocenters. The highest BCUT2D eigenvalue weighted by Gasteiger charge is 2.19. The number of nitrogens with two attached hydrogens (primary N) is 1. The van der Waals surface area contributed by atoms with E-state index in [1.165, 1.54) is 0 Å². The summed E-state index contributed by atoms with van der Waals surface area (Å²) in [5.41, 5.74) is 4.22. The van der Waals surface area contributed by atoms with E-state index in [1.54, 1.807) is 6.92 Å². The molecular weight excluding hydrogens is 304 g/mol. The minimum Gasteiger partial charge on any atom is -0.323 e. The molecule has 2 aromatic rings. The topological polar surface area (TPSA) is 50.9 Å². The molecule has 96 valence electrons. The van der Waals surface area contributed by atoms with E-state index in [-0.39, 0.29) is 15.4 Å². The van der Waals surface area contributed by atoms with Crippen molar-refractivity contribution < 1.29 is 8.78 Å². The van der Waals surface area contributed by atoms with Gasteiger partial charge in [0.05, 0.1) is 15.5 Å². The molecule has 3 nitrogen and oxygen atoms in total. The first-order chi connectivity index (χ1) is 8.51. The molecule has 0 radical (unpaired) electrons. The van der Waals surface area contributed by atoms with Gasteiger partial charge >= 0.3 is 0 Å². The highest BCUT2D eigenvalue weighted by molar-refractivity contribution is 9.10. The van der Waals surface area contributed by atoms with Crippen molar-refractivity contribution >= 4 is 32.5 Å². The average molecular weight is 316 g/mol. The standard InChI is InChI=1S/C12H12BrF2N3/c1-3-8-5(2)11(18-16)9-10(15)6(13)4-7(14)12(9)17-8/h4H,3,16H2,1-2H3,(H,17,18). The Hall–Kier alpha value is -1.27. The second-order valence-electron chi connectivity index (χ2n) is 3.93. The van der Waals surface area contributed by atoms with Gasteiger partial charge in [-0.05, 0) is 40.9 Å². The molecule has 0 bridgehead atoms. The molecule has 1 aromatic heterocycles. The second-order valence-corrected chi connectivity index (χ2v) is 4.79. The molecule has 0 aliphatic rings. The van der Waals surface area contributed by atoms with E-state index in [4.69, 9.17) is 5.84 Å². The predicted molar refractivity (Wildman–Crippen MR) is 71.3 cm³/mol. The van der Waals surface area contributed by atoms with E-state index in [9.17, 15) is 8.78 Å². The maximum atomic E-state index is 14.1. The third-order valence-electron chi connectivity index (χ3n) is 2.93. The lowest BCUT2D eigenvalue weighted by Crippen LogP contribution is -2.12. The van der Waals surface area contributed by atoms with Crippen molar-refractivity contribution in [3.8, 4) is 0 Å². The summed E-state index contributed by atoms with van der Waals surface area (Å²) >= 11 is 2.98. The summed E-state index contributed by atoms with van der Waals surface area (Å²) in [6.07, 6.45) is 0.619. The zero-order chi connectivity index (χ0) is 13.4. The number of fused-ring (bicyclic) bond motifs is 1. The van der Waals surface area contributed by atoms with Crippen molar-refractivity contribution in [2.45, 2.75) is 20.3 Å². The van der Waals surface area contributed by atoms with E-state index in [0.29, 0.717) is 17.8 Å². The summed E-state index contributed by atoms with van der Waals surface area (Å²) in [7, 11) is 0. The number of pyridine rings is 1. The number of halogens is 3. The molecule has 0 unspecified atom stereocenters. The van der Waals surface area contributed by atoms with Gasteiger partial charge in [-0.1, -0.05) is 6.92 Å². The van der Waals surface area contributed by atoms with Crippen LogP contribution in [-0.2, 0) is 6.42 Å². The zero-order valence-corrected chi connectivity index (χ0v) is 11.5. The number of benzene rings is 1. The summed E-state index contributed by atoms with van der Waals surface area (Å²) in [5, 5.41) is 0.0686. The third kappa shape index (κ3) is 1.85. The zero-order valence-electron chi connectivity index (χ0n) is 9.94. The van der Waals surface area contributed by atoms with Gasteiger partial charge < -0.3 is 5.43 Å². The molecule has 1 heterocycles. The number of hydrogen-bond acceptors (Lipinski definition) is 3. The van der Waals surface area contributed by atoms with Crippen LogP contribution in [0.25, 0.3) is 10.9 Å². The Labute approximate surface area is 111 Å². The number of nitrogen functional groups attached to an aromatic ring is 1. The lowest BCUT2D eigenvalue weighted by Gasteiger charge is -2.14. The number of hydrogen-bond donors (Lipinski definition) is 2. The van der Waals surface area contributed by atoms with Crippen molar-refractivity contribution in [2.75, 3.05) is 5.43 Å². The fraction of sp³-hybridized carbons (Fsp3) is 0.250. The van der Waals surface area contributed by atoms with Crippen LogP contribution in [0.2, 0.25) is 0 Å². The Morgan fingerprint density at radius 1 is 1.44 bits per heavy atom. The molecule has 0 saturated carbocycles. The second kappa shape index (κ2) is 4.78. The van der Waals surface area contributed by atoms with Gasteiger partial charge in [0, 0.05) is 5.69 Å². The minimum absolute atomic E-state index is 0.00824. The van der Waals surface area contributed by atoms with Crippen LogP contribution in [0, 0.1) is 18.6 Å². The first-order valence-corrected chi connectivity index (χ1v) is 6.23. The number of nitrogens with one attached hydrogen (secondary N) is 1. The molecule has 0 amide bonds. The van der Waals surface area contributed by atoms with Crippen LogP contribution in [0.5, 0.6) is 0 Å². The maximum Gasteiger partial charge on any atom is 0.150 e. The first kappa shape index (κ1) is 13.2. The first-order valence-electron chi connectivity index (χ1n) is 5.44. The highest BCUT2D eigenvalue weighted by Crippen LogP contribution is 2.34. The molecule has 3 N–H and O–H groups in total. The fourth-order valence-electron chi connectivity index (χ4n) is 2.00.